The first kappa shape index (κ1) is 16.2. The number of thiophene rings is 1. The zero-order chi connectivity index (χ0) is 15.8. The first-order chi connectivity index (χ1) is 9.77. The number of nitrogens with two attached hydrogens (primary N) is 1. The molecule has 0 bridgehead atoms. The van der Waals surface area contributed by atoms with E-state index in [1.165, 1.54) is 11.3 Å². The van der Waals surface area contributed by atoms with Gasteiger partial charge in [0, 0.05) is 36.3 Å². The standard InChI is InChI=1S/C13H20N4O2S2/c1-8-7-20-12(5-14)13(8)21(18,19)15-6-11-9(2)16-17(4)10(11)3/h7,15H,5-6,14H2,1-4H3. The lowest BCUT2D eigenvalue weighted by molar-refractivity contribution is 0.579. The third kappa shape index (κ3) is 3.03. The van der Waals surface area contributed by atoms with E-state index in [1.807, 2.05) is 26.3 Å². The highest BCUT2D eigenvalue weighted by Crippen LogP contribution is 2.26. The van der Waals surface area contributed by atoms with E-state index in [2.05, 4.69) is 9.82 Å². The molecule has 0 saturated carbocycles. The van der Waals surface area contributed by atoms with Gasteiger partial charge in [0.15, 0.2) is 0 Å². The SMILES string of the molecule is Cc1csc(CN)c1S(=O)(=O)NCc1c(C)nn(C)c1C. The fourth-order valence-electron chi connectivity index (χ4n) is 2.30. The van der Waals surface area contributed by atoms with Crippen molar-refractivity contribution < 1.29 is 8.42 Å². The summed E-state index contributed by atoms with van der Waals surface area (Å²) >= 11 is 1.37. The minimum atomic E-state index is -3.57. The second-order valence-corrected chi connectivity index (χ2v) is 7.64. The predicted molar refractivity (Wildman–Crippen MR) is 83.7 cm³/mol. The molecular formula is C13H20N4O2S2. The van der Waals surface area contributed by atoms with Crippen molar-refractivity contribution in [1.29, 1.82) is 0 Å². The van der Waals surface area contributed by atoms with E-state index in [4.69, 9.17) is 5.73 Å². The molecule has 2 aromatic heterocycles. The van der Waals surface area contributed by atoms with Crippen LogP contribution in [0.4, 0.5) is 0 Å². The second-order valence-electron chi connectivity index (χ2n) is 4.97. The lowest BCUT2D eigenvalue weighted by atomic mass is 10.2. The Hall–Kier alpha value is -1.22. The van der Waals surface area contributed by atoms with Gasteiger partial charge in [0.1, 0.15) is 4.90 Å². The van der Waals surface area contributed by atoms with Crippen molar-refractivity contribution in [3.63, 3.8) is 0 Å². The third-order valence-electron chi connectivity index (χ3n) is 3.54. The van der Waals surface area contributed by atoms with Gasteiger partial charge in [-0.25, -0.2) is 13.1 Å². The molecule has 0 atom stereocenters. The van der Waals surface area contributed by atoms with Crippen LogP contribution < -0.4 is 10.5 Å². The molecule has 2 rings (SSSR count). The third-order valence-corrected chi connectivity index (χ3v) is 6.43. The normalized spacial score (nSPS) is 12.0. The summed E-state index contributed by atoms with van der Waals surface area (Å²) in [5, 5.41) is 6.11. The minimum Gasteiger partial charge on any atom is -0.326 e. The van der Waals surface area contributed by atoms with Crippen LogP contribution in [0.3, 0.4) is 0 Å². The highest BCUT2D eigenvalue weighted by atomic mass is 32.2. The maximum Gasteiger partial charge on any atom is 0.242 e. The van der Waals surface area contributed by atoms with E-state index in [1.54, 1.807) is 11.6 Å². The Labute approximate surface area is 129 Å². The Morgan fingerprint density at radius 2 is 2.05 bits per heavy atom. The summed E-state index contributed by atoms with van der Waals surface area (Å²) in [5.41, 5.74) is 9.05. The highest BCUT2D eigenvalue weighted by Gasteiger charge is 2.23. The molecule has 0 aliphatic rings. The van der Waals surface area contributed by atoms with Crippen LogP contribution in [0.1, 0.15) is 27.4 Å². The molecule has 0 amide bonds. The summed E-state index contributed by atoms with van der Waals surface area (Å²) in [6.45, 7) is 6.03. The van der Waals surface area contributed by atoms with Crippen LogP contribution in [0.15, 0.2) is 10.3 Å². The largest absolute Gasteiger partial charge is 0.326 e. The van der Waals surface area contributed by atoms with Crippen LogP contribution in [-0.4, -0.2) is 18.2 Å². The van der Waals surface area contributed by atoms with Gasteiger partial charge in [-0.3, -0.25) is 4.68 Å². The molecule has 21 heavy (non-hydrogen) atoms. The van der Waals surface area contributed by atoms with Crippen LogP contribution in [-0.2, 0) is 30.2 Å². The molecule has 2 heterocycles. The Morgan fingerprint density at radius 1 is 1.38 bits per heavy atom. The van der Waals surface area contributed by atoms with Gasteiger partial charge < -0.3 is 5.73 Å². The minimum absolute atomic E-state index is 0.222. The van der Waals surface area contributed by atoms with E-state index in [-0.39, 0.29) is 13.1 Å². The fraction of sp³-hybridized carbons (Fsp3) is 0.462. The Bertz CT molecular complexity index is 759. The molecule has 8 heteroatoms. The van der Waals surface area contributed by atoms with Crippen LogP contribution in [0.25, 0.3) is 0 Å². The maximum atomic E-state index is 12.5. The Balaban J connectivity index is 2.28. The molecule has 6 nitrogen and oxygen atoms in total. The number of nitrogens with zero attached hydrogens (tertiary/aromatic N) is 2. The van der Waals surface area contributed by atoms with Crippen molar-refractivity contribution in [2.75, 3.05) is 0 Å². The molecule has 0 aromatic carbocycles. The van der Waals surface area contributed by atoms with E-state index in [0.717, 1.165) is 22.5 Å². The Morgan fingerprint density at radius 3 is 2.57 bits per heavy atom. The van der Waals surface area contributed by atoms with Crippen molar-refractivity contribution >= 4 is 21.4 Å². The summed E-state index contributed by atoms with van der Waals surface area (Å²) < 4.78 is 29.4. The van der Waals surface area contributed by atoms with E-state index >= 15 is 0 Å². The molecule has 0 aliphatic heterocycles. The molecule has 0 spiro atoms. The van der Waals surface area contributed by atoms with Gasteiger partial charge in [-0.05, 0) is 31.7 Å². The van der Waals surface area contributed by atoms with Gasteiger partial charge in [-0.15, -0.1) is 11.3 Å². The van der Waals surface area contributed by atoms with E-state index in [0.29, 0.717) is 9.77 Å². The van der Waals surface area contributed by atoms with Gasteiger partial charge >= 0.3 is 0 Å². The molecule has 0 saturated heterocycles. The summed E-state index contributed by atoms with van der Waals surface area (Å²) in [4.78, 5) is 0.994. The number of hydrogen-bond acceptors (Lipinski definition) is 5. The first-order valence-electron chi connectivity index (χ1n) is 6.53. The van der Waals surface area contributed by atoms with Gasteiger partial charge in [-0.2, -0.15) is 5.10 Å². The lowest BCUT2D eigenvalue weighted by Crippen LogP contribution is -2.25. The van der Waals surface area contributed by atoms with Crippen LogP contribution in [0.2, 0.25) is 0 Å². The number of rotatable bonds is 5. The number of nitrogens with one attached hydrogen (secondary N) is 1. The summed E-state index contributed by atoms with van der Waals surface area (Å²) in [6.07, 6.45) is 0. The molecule has 116 valence electrons. The monoisotopic (exact) mass is 328 g/mol. The number of sulfonamides is 1. The lowest BCUT2D eigenvalue weighted by Gasteiger charge is -2.09. The van der Waals surface area contributed by atoms with Crippen molar-refractivity contribution in [3.05, 3.63) is 32.8 Å². The number of aromatic nitrogens is 2. The second kappa shape index (κ2) is 5.88. The zero-order valence-corrected chi connectivity index (χ0v) is 14.2. The smallest absolute Gasteiger partial charge is 0.242 e. The maximum absolute atomic E-state index is 12.5. The van der Waals surface area contributed by atoms with Crippen LogP contribution in [0.5, 0.6) is 0 Å². The first-order valence-corrected chi connectivity index (χ1v) is 8.90. The molecule has 0 unspecified atom stereocenters. The van der Waals surface area contributed by atoms with E-state index < -0.39 is 10.0 Å². The molecule has 0 radical (unpaired) electrons. The molecule has 0 aliphatic carbocycles. The van der Waals surface area contributed by atoms with Gasteiger partial charge in [0.25, 0.3) is 0 Å². The fourth-order valence-corrected chi connectivity index (χ4v) is 5.00. The van der Waals surface area contributed by atoms with E-state index in [9.17, 15) is 8.42 Å². The quantitative estimate of drug-likeness (QED) is 0.867. The zero-order valence-electron chi connectivity index (χ0n) is 12.6. The van der Waals surface area contributed by atoms with Crippen molar-refractivity contribution in [2.24, 2.45) is 12.8 Å². The van der Waals surface area contributed by atoms with Crippen molar-refractivity contribution in [3.8, 4) is 0 Å². The van der Waals surface area contributed by atoms with Crippen LogP contribution in [0, 0.1) is 20.8 Å². The summed E-state index contributed by atoms with van der Waals surface area (Å²) in [6, 6.07) is 0. The Kier molecular flexibility index (Phi) is 4.52. The summed E-state index contributed by atoms with van der Waals surface area (Å²) in [7, 11) is -1.73. The van der Waals surface area contributed by atoms with Crippen LogP contribution >= 0.6 is 11.3 Å². The number of aryl methyl sites for hydroxylation is 3. The molecule has 0 fully saturated rings. The van der Waals surface area contributed by atoms with Gasteiger partial charge in [0.05, 0.1) is 5.69 Å². The molecule has 2 aromatic rings. The van der Waals surface area contributed by atoms with Gasteiger partial charge in [0.2, 0.25) is 10.0 Å². The van der Waals surface area contributed by atoms with Crippen molar-refractivity contribution in [1.82, 2.24) is 14.5 Å². The molecule has 3 N–H and O–H groups in total. The molecular weight excluding hydrogens is 308 g/mol. The topological polar surface area (TPSA) is 90.0 Å². The summed E-state index contributed by atoms with van der Waals surface area (Å²) in [5.74, 6) is 0. The average molecular weight is 328 g/mol. The predicted octanol–water partition coefficient (Wildman–Crippen LogP) is 1.34. The highest BCUT2D eigenvalue weighted by molar-refractivity contribution is 7.89. The van der Waals surface area contributed by atoms with Crippen molar-refractivity contribution in [2.45, 2.75) is 38.8 Å². The number of hydrogen-bond donors (Lipinski definition) is 2. The van der Waals surface area contributed by atoms with Gasteiger partial charge in [-0.1, -0.05) is 0 Å². The average Bonchev–Trinajstić information content (AvgIpc) is 2.90.